The molecule has 3 aromatic rings. The first-order valence-corrected chi connectivity index (χ1v) is 18.5. The SMILES string of the molecule is COc1cnccc1CN1CCC(N(CCCCCCCCN2CC[C@@H](C(C(N)=O)(c3ccccc3)c3ccccc3)C2)C(C)C)CC1. The smallest absolute Gasteiger partial charge is 0.232 e. The van der Waals surface area contributed by atoms with Crippen molar-refractivity contribution in [3.63, 3.8) is 0 Å². The van der Waals surface area contributed by atoms with E-state index in [1.165, 1.54) is 63.5 Å². The Labute approximate surface area is 289 Å². The average molecular weight is 654 g/mol. The number of pyridine rings is 1. The van der Waals surface area contributed by atoms with E-state index in [1.807, 2.05) is 48.8 Å². The van der Waals surface area contributed by atoms with E-state index in [1.54, 1.807) is 7.11 Å². The van der Waals surface area contributed by atoms with E-state index in [9.17, 15) is 4.79 Å². The highest BCUT2D eigenvalue weighted by Gasteiger charge is 2.49. The van der Waals surface area contributed by atoms with Crippen LogP contribution >= 0.6 is 0 Å². The zero-order valence-corrected chi connectivity index (χ0v) is 29.7. The lowest BCUT2D eigenvalue weighted by atomic mass is 9.64. The predicted octanol–water partition coefficient (Wildman–Crippen LogP) is 6.90. The Morgan fingerprint density at radius 2 is 1.48 bits per heavy atom. The first-order chi connectivity index (χ1) is 23.4. The maximum absolute atomic E-state index is 13.4. The second-order valence-corrected chi connectivity index (χ2v) is 14.3. The summed E-state index contributed by atoms with van der Waals surface area (Å²) in [4.78, 5) is 25.5. The van der Waals surface area contributed by atoms with Gasteiger partial charge in [-0.3, -0.25) is 19.6 Å². The molecule has 2 saturated heterocycles. The van der Waals surface area contributed by atoms with Crippen LogP contribution in [0.25, 0.3) is 0 Å². The van der Waals surface area contributed by atoms with Crippen molar-refractivity contribution in [3.05, 3.63) is 95.8 Å². The lowest BCUT2D eigenvalue weighted by Crippen LogP contribution is -2.49. The molecule has 7 heteroatoms. The van der Waals surface area contributed by atoms with Crippen molar-refractivity contribution in [1.29, 1.82) is 0 Å². The fourth-order valence-corrected chi connectivity index (χ4v) is 8.49. The molecule has 5 rings (SSSR count). The molecule has 1 amide bonds. The van der Waals surface area contributed by atoms with E-state index in [2.05, 4.69) is 63.9 Å². The van der Waals surface area contributed by atoms with Gasteiger partial charge in [-0.2, -0.15) is 0 Å². The molecule has 48 heavy (non-hydrogen) atoms. The molecule has 0 saturated carbocycles. The minimum absolute atomic E-state index is 0.167. The maximum Gasteiger partial charge on any atom is 0.232 e. The fourth-order valence-electron chi connectivity index (χ4n) is 8.49. The molecule has 2 aromatic carbocycles. The van der Waals surface area contributed by atoms with Gasteiger partial charge in [-0.25, -0.2) is 0 Å². The highest BCUT2D eigenvalue weighted by Crippen LogP contribution is 2.43. The number of likely N-dealkylation sites (tertiary alicyclic amines) is 2. The van der Waals surface area contributed by atoms with E-state index in [0.29, 0.717) is 12.1 Å². The monoisotopic (exact) mass is 653 g/mol. The van der Waals surface area contributed by atoms with Crippen molar-refractivity contribution in [2.75, 3.05) is 46.4 Å². The first-order valence-electron chi connectivity index (χ1n) is 18.5. The third kappa shape index (κ3) is 8.85. The summed E-state index contributed by atoms with van der Waals surface area (Å²) in [5.74, 6) is 0.818. The number of aromatic nitrogens is 1. The molecule has 3 heterocycles. The normalized spacial score (nSPS) is 18.1. The number of piperidine rings is 1. The van der Waals surface area contributed by atoms with E-state index >= 15 is 0 Å². The van der Waals surface area contributed by atoms with Crippen LogP contribution in [-0.4, -0.2) is 84.1 Å². The Morgan fingerprint density at radius 3 is 2.08 bits per heavy atom. The molecule has 1 aromatic heterocycles. The Kier molecular flexibility index (Phi) is 13.5. The van der Waals surface area contributed by atoms with Crippen molar-refractivity contribution in [1.82, 2.24) is 19.7 Å². The second-order valence-electron chi connectivity index (χ2n) is 14.3. The van der Waals surface area contributed by atoms with Crippen molar-refractivity contribution >= 4 is 5.91 Å². The molecule has 1 atom stereocenters. The summed E-state index contributed by atoms with van der Waals surface area (Å²) in [5.41, 5.74) is 8.75. The Bertz CT molecular complexity index is 1340. The van der Waals surface area contributed by atoms with Crippen LogP contribution in [0.4, 0.5) is 0 Å². The molecule has 2 aliphatic rings. The van der Waals surface area contributed by atoms with Crippen LogP contribution in [-0.2, 0) is 16.8 Å². The Morgan fingerprint density at radius 1 is 0.875 bits per heavy atom. The highest BCUT2D eigenvalue weighted by atomic mass is 16.5. The van der Waals surface area contributed by atoms with Gasteiger partial charge in [-0.05, 0) is 102 Å². The molecule has 2 aliphatic heterocycles. The third-order valence-corrected chi connectivity index (χ3v) is 11.0. The number of rotatable bonds is 18. The predicted molar refractivity (Wildman–Crippen MR) is 196 cm³/mol. The summed E-state index contributed by atoms with van der Waals surface area (Å²) in [6.45, 7) is 12.2. The summed E-state index contributed by atoms with van der Waals surface area (Å²) in [6.07, 6.45) is 14.8. The molecule has 0 radical (unpaired) electrons. The van der Waals surface area contributed by atoms with Crippen LogP contribution in [0.1, 0.15) is 88.3 Å². The molecule has 2 N–H and O–H groups in total. The van der Waals surface area contributed by atoms with E-state index in [4.69, 9.17) is 10.5 Å². The molecule has 2 fully saturated rings. The minimum Gasteiger partial charge on any atom is -0.495 e. The number of methoxy groups -OCH3 is 1. The number of nitrogens with two attached hydrogens (primary N) is 1. The van der Waals surface area contributed by atoms with Crippen LogP contribution in [0, 0.1) is 5.92 Å². The van der Waals surface area contributed by atoms with Crippen molar-refractivity contribution in [2.24, 2.45) is 11.7 Å². The summed E-state index contributed by atoms with van der Waals surface area (Å²) < 4.78 is 5.52. The molecule has 7 nitrogen and oxygen atoms in total. The van der Waals surface area contributed by atoms with Gasteiger partial charge in [-0.1, -0.05) is 86.3 Å². The number of benzene rings is 2. The number of ether oxygens (including phenoxy) is 1. The van der Waals surface area contributed by atoms with Gasteiger partial charge >= 0.3 is 0 Å². The van der Waals surface area contributed by atoms with Crippen LogP contribution in [0.2, 0.25) is 0 Å². The topological polar surface area (TPSA) is 74.9 Å². The molecule has 0 bridgehead atoms. The summed E-state index contributed by atoms with van der Waals surface area (Å²) in [5, 5.41) is 0. The molecule has 0 aliphatic carbocycles. The molecule has 260 valence electrons. The van der Waals surface area contributed by atoms with Crippen molar-refractivity contribution < 1.29 is 9.53 Å². The Hall–Kier alpha value is -3.26. The van der Waals surface area contributed by atoms with Crippen molar-refractivity contribution in [3.8, 4) is 5.75 Å². The molecule has 0 spiro atoms. The maximum atomic E-state index is 13.4. The van der Waals surface area contributed by atoms with Gasteiger partial charge in [0.05, 0.1) is 13.3 Å². The van der Waals surface area contributed by atoms with Crippen LogP contribution in [0.15, 0.2) is 79.1 Å². The summed E-state index contributed by atoms with van der Waals surface area (Å²) in [7, 11) is 1.73. The number of carbonyl (C=O) groups is 1. The number of unbranched alkanes of at least 4 members (excludes halogenated alkanes) is 5. The first kappa shape index (κ1) is 36.0. The zero-order chi connectivity index (χ0) is 33.8. The number of primary amides is 1. The van der Waals surface area contributed by atoms with Gasteiger partial charge in [0, 0.05) is 36.9 Å². The lowest BCUT2D eigenvalue weighted by Gasteiger charge is -2.40. The lowest BCUT2D eigenvalue weighted by molar-refractivity contribution is -0.123. The van der Waals surface area contributed by atoms with E-state index in [-0.39, 0.29) is 11.8 Å². The summed E-state index contributed by atoms with van der Waals surface area (Å²) in [6, 6.07) is 23.8. The van der Waals surface area contributed by atoms with Gasteiger partial charge < -0.3 is 15.4 Å². The van der Waals surface area contributed by atoms with E-state index in [0.717, 1.165) is 62.6 Å². The van der Waals surface area contributed by atoms with Gasteiger partial charge in [0.1, 0.15) is 11.2 Å². The van der Waals surface area contributed by atoms with Crippen LogP contribution in [0.3, 0.4) is 0 Å². The van der Waals surface area contributed by atoms with Crippen molar-refractivity contribution in [2.45, 2.75) is 95.7 Å². The van der Waals surface area contributed by atoms with Gasteiger partial charge in [0.25, 0.3) is 0 Å². The van der Waals surface area contributed by atoms with E-state index < -0.39 is 5.41 Å². The highest BCUT2D eigenvalue weighted by molar-refractivity contribution is 5.91. The number of hydrogen-bond acceptors (Lipinski definition) is 6. The van der Waals surface area contributed by atoms with Crippen LogP contribution < -0.4 is 10.5 Å². The number of hydrogen-bond donors (Lipinski definition) is 1. The van der Waals surface area contributed by atoms with Gasteiger partial charge in [-0.15, -0.1) is 0 Å². The summed E-state index contributed by atoms with van der Waals surface area (Å²) >= 11 is 0. The molecular weight excluding hydrogens is 594 g/mol. The second kappa shape index (κ2) is 17.9. The quantitative estimate of drug-likeness (QED) is 0.151. The number of nitrogens with zero attached hydrogens (tertiary/aromatic N) is 4. The largest absolute Gasteiger partial charge is 0.495 e. The molecule has 0 unspecified atom stereocenters. The average Bonchev–Trinajstić information content (AvgIpc) is 3.58. The van der Waals surface area contributed by atoms with Gasteiger partial charge in [0.2, 0.25) is 5.91 Å². The Balaban J connectivity index is 1.00. The minimum atomic E-state index is -0.799. The fraction of sp³-hybridized carbons (Fsp3) is 0.561. The van der Waals surface area contributed by atoms with Crippen LogP contribution in [0.5, 0.6) is 5.75 Å². The standard InChI is InChI=1S/C41H59N5O2/c1-33(2)46(38-22-28-45(29-23-38)31-34-20-24-43-30-39(34)48-3)26-15-7-5-4-6-14-25-44-27-21-37(32-44)41(40(42)47,35-16-10-8-11-17-35)36-18-12-9-13-19-36/h8-13,16-20,24,30,33,37-38H,4-7,14-15,21-23,25-29,31-32H2,1-3H3,(H2,42,47)/t37-/m1/s1. The number of carbonyl (C=O) groups excluding carboxylic acids is 1. The third-order valence-electron chi connectivity index (χ3n) is 11.0. The molecular formula is C41H59N5O2. The van der Waals surface area contributed by atoms with Gasteiger partial charge in [0.15, 0.2) is 0 Å². The zero-order valence-electron chi connectivity index (χ0n) is 29.7. The number of amides is 1.